The number of carbonyl (C=O) groups is 2. The fraction of sp³-hybridized carbons (Fsp3) is 0.297. The van der Waals surface area contributed by atoms with E-state index in [-0.39, 0.29) is 35.3 Å². The molecular formula is C37H37N3O4. The first-order chi connectivity index (χ1) is 21.5. The van der Waals surface area contributed by atoms with Crippen LogP contribution in [0.3, 0.4) is 0 Å². The molecule has 2 amide bonds. The number of nitrogens with zero attached hydrogens (tertiary/aromatic N) is 2. The van der Waals surface area contributed by atoms with Gasteiger partial charge in [0.2, 0.25) is 11.8 Å². The second-order valence-electron chi connectivity index (χ2n) is 12.1. The lowest BCUT2D eigenvalue weighted by Crippen LogP contribution is -2.46. The number of amides is 2. The standard InChI is InChI=1S/C37H37N3O4/c41-30-13-14-32-34(22-30)44-24-33(26-6-2-1-3-7-26)36(32)27-9-11-29(12-10-27)40-19-17-39(18-20-40)23-25-5-4-8-28(21-25)31-15-16-35(42)38-37(31)43/h1-14,21-22,31,33,36,41H,15-20,23-24H2,(H,38,42,43)/t31?,33-,36-/m0/s1. The second-order valence-corrected chi connectivity index (χ2v) is 12.1. The van der Waals surface area contributed by atoms with Gasteiger partial charge in [0.25, 0.3) is 0 Å². The van der Waals surface area contributed by atoms with Crippen LogP contribution in [0.25, 0.3) is 0 Å². The molecule has 0 radical (unpaired) electrons. The minimum absolute atomic E-state index is 0.128. The van der Waals surface area contributed by atoms with E-state index < -0.39 is 0 Å². The van der Waals surface area contributed by atoms with Crippen molar-refractivity contribution in [1.29, 1.82) is 0 Å². The zero-order valence-corrected chi connectivity index (χ0v) is 24.7. The number of piperazine rings is 1. The van der Waals surface area contributed by atoms with E-state index >= 15 is 0 Å². The molecule has 3 heterocycles. The van der Waals surface area contributed by atoms with Crippen LogP contribution in [0.5, 0.6) is 11.5 Å². The molecule has 3 aliphatic heterocycles. The predicted octanol–water partition coefficient (Wildman–Crippen LogP) is 5.54. The largest absolute Gasteiger partial charge is 0.508 e. The van der Waals surface area contributed by atoms with Crippen LogP contribution in [0.2, 0.25) is 0 Å². The molecule has 3 atom stereocenters. The number of rotatable bonds is 6. The van der Waals surface area contributed by atoms with Gasteiger partial charge in [0.1, 0.15) is 11.5 Å². The number of carbonyl (C=O) groups excluding carboxylic acids is 2. The molecule has 7 heteroatoms. The van der Waals surface area contributed by atoms with E-state index in [1.54, 1.807) is 12.1 Å². The summed E-state index contributed by atoms with van der Waals surface area (Å²) in [4.78, 5) is 28.9. The van der Waals surface area contributed by atoms with Gasteiger partial charge in [-0.05, 0) is 46.9 Å². The number of ether oxygens (including phenoxy) is 1. The highest BCUT2D eigenvalue weighted by Crippen LogP contribution is 2.47. The fourth-order valence-corrected chi connectivity index (χ4v) is 7.03. The average Bonchev–Trinajstić information content (AvgIpc) is 3.05. The number of imide groups is 1. The summed E-state index contributed by atoms with van der Waals surface area (Å²) in [7, 11) is 0. The van der Waals surface area contributed by atoms with Crippen molar-refractivity contribution >= 4 is 17.5 Å². The van der Waals surface area contributed by atoms with Gasteiger partial charge in [0.15, 0.2) is 0 Å². The van der Waals surface area contributed by atoms with Crippen molar-refractivity contribution in [3.63, 3.8) is 0 Å². The molecule has 1 unspecified atom stereocenters. The first-order valence-corrected chi connectivity index (χ1v) is 15.5. The smallest absolute Gasteiger partial charge is 0.234 e. The highest BCUT2D eigenvalue weighted by Gasteiger charge is 2.34. The fourth-order valence-electron chi connectivity index (χ4n) is 7.03. The number of piperidine rings is 1. The van der Waals surface area contributed by atoms with Crippen molar-refractivity contribution in [3.8, 4) is 11.5 Å². The van der Waals surface area contributed by atoms with Crippen molar-refractivity contribution in [2.24, 2.45) is 0 Å². The summed E-state index contributed by atoms with van der Waals surface area (Å²) in [5, 5.41) is 12.6. The molecule has 4 aromatic carbocycles. The van der Waals surface area contributed by atoms with Crippen molar-refractivity contribution in [1.82, 2.24) is 10.2 Å². The Labute approximate surface area is 258 Å². The van der Waals surface area contributed by atoms with E-state index in [0.717, 1.165) is 49.6 Å². The summed E-state index contributed by atoms with van der Waals surface area (Å²) in [6, 6.07) is 33.3. The molecule has 224 valence electrons. The summed E-state index contributed by atoms with van der Waals surface area (Å²) in [5.74, 6) is 0.661. The van der Waals surface area contributed by atoms with Crippen LogP contribution < -0.4 is 15.0 Å². The van der Waals surface area contributed by atoms with E-state index in [0.29, 0.717) is 19.4 Å². The molecule has 0 bridgehead atoms. The van der Waals surface area contributed by atoms with Gasteiger partial charge in [-0.3, -0.25) is 19.8 Å². The van der Waals surface area contributed by atoms with Gasteiger partial charge < -0.3 is 14.7 Å². The van der Waals surface area contributed by atoms with Crippen LogP contribution in [0.4, 0.5) is 5.69 Å². The Morgan fingerprint density at radius 2 is 1.57 bits per heavy atom. The molecule has 7 nitrogen and oxygen atoms in total. The van der Waals surface area contributed by atoms with Crippen molar-refractivity contribution in [2.75, 3.05) is 37.7 Å². The summed E-state index contributed by atoms with van der Waals surface area (Å²) in [6.45, 7) is 5.20. The maximum Gasteiger partial charge on any atom is 0.234 e. The Morgan fingerprint density at radius 1 is 0.795 bits per heavy atom. The molecule has 2 fully saturated rings. The Bertz CT molecular complexity index is 1650. The maximum absolute atomic E-state index is 12.4. The number of aromatic hydroxyl groups is 1. The van der Waals surface area contributed by atoms with Crippen LogP contribution >= 0.6 is 0 Å². The number of benzene rings is 4. The first kappa shape index (κ1) is 28.2. The van der Waals surface area contributed by atoms with E-state index in [2.05, 4.69) is 75.8 Å². The number of phenols is 1. The van der Waals surface area contributed by atoms with Gasteiger partial charge in [-0.15, -0.1) is 0 Å². The van der Waals surface area contributed by atoms with E-state index in [9.17, 15) is 14.7 Å². The van der Waals surface area contributed by atoms with Gasteiger partial charge >= 0.3 is 0 Å². The average molecular weight is 588 g/mol. The minimum Gasteiger partial charge on any atom is -0.508 e. The number of anilines is 1. The molecule has 44 heavy (non-hydrogen) atoms. The lowest BCUT2D eigenvalue weighted by molar-refractivity contribution is -0.134. The Morgan fingerprint density at radius 3 is 2.34 bits per heavy atom. The van der Waals surface area contributed by atoms with E-state index in [4.69, 9.17) is 4.74 Å². The van der Waals surface area contributed by atoms with Crippen molar-refractivity contribution in [2.45, 2.75) is 37.1 Å². The molecule has 0 aromatic heterocycles. The van der Waals surface area contributed by atoms with Crippen LogP contribution in [0.15, 0.2) is 97.1 Å². The summed E-state index contributed by atoms with van der Waals surface area (Å²) >= 11 is 0. The molecule has 2 saturated heterocycles. The first-order valence-electron chi connectivity index (χ1n) is 15.5. The van der Waals surface area contributed by atoms with Crippen LogP contribution in [-0.4, -0.2) is 54.6 Å². The topological polar surface area (TPSA) is 82.1 Å². The van der Waals surface area contributed by atoms with Crippen LogP contribution in [0, 0.1) is 0 Å². The second kappa shape index (κ2) is 12.2. The molecule has 3 aliphatic rings. The number of nitrogens with one attached hydrogen (secondary N) is 1. The Kier molecular flexibility index (Phi) is 7.79. The third-order valence-corrected chi connectivity index (χ3v) is 9.37. The summed E-state index contributed by atoms with van der Waals surface area (Å²) in [5.41, 5.74) is 7.01. The van der Waals surface area contributed by atoms with Gasteiger partial charge in [0.05, 0.1) is 12.5 Å². The highest BCUT2D eigenvalue weighted by atomic mass is 16.5. The predicted molar refractivity (Wildman–Crippen MR) is 170 cm³/mol. The molecule has 2 N–H and O–H groups in total. The van der Waals surface area contributed by atoms with Crippen molar-refractivity contribution < 1.29 is 19.4 Å². The van der Waals surface area contributed by atoms with Gasteiger partial charge in [-0.25, -0.2) is 0 Å². The van der Waals surface area contributed by atoms with Gasteiger partial charge in [-0.2, -0.15) is 0 Å². The molecule has 0 saturated carbocycles. The quantitative estimate of drug-likeness (QED) is 0.288. The minimum atomic E-state index is -0.253. The zero-order valence-electron chi connectivity index (χ0n) is 24.7. The molecule has 0 aliphatic carbocycles. The zero-order chi connectivity index (χ0) is 30.0. The number of fused-ring (bicyclic) bond motifs is 1. The lowest BCUT2D eigenvalue weighted by Gasteiger charge is -2.37. The maximum atomic E-state index is 12.4. The molecule has 0 spiro atoms. The normalized spacial score (nSPS) is 22.2. The Balaban J connectivity index is 1.02. The monoisotopic (exact) mass is 587 g/mol. The number of phenolic OH excluding ortho intramolecular Hbond substituents is 1. The van der Waals surface area contributed by atoms with Crippen molar-refractivity contribution in [3.05, 3.63) is 125 Å². The SMILES string of the molecule is O=C1CCC(c2cccc(CN3CCN(c4ccc([C@H]5c6ccc(O)cc6OC[C@H]5c5ccccc5)cc4)CC3)c2)C(=O)N1. The summed E-state index contributed by atoms with van der Waals surface area (Å²) in [6.07, 6.45) is 0.965. The van der Waals surface area contributed by atoms with E-state index in [1.807, 2.05) is 24.3 Å². The third-order valence-electron chi connectivity index (χ3n) is 9.37. The Hall–Kier alpha value is -4.62. The van der Waals surface area contributed by atoms with E-state index in [1.165, 1.54) is 22.4 Å². The van der Waals surface area contributed by atoms with Gasteiger partial charge in [0, 0.05) is 68.3 Å². The highest BCUT2D eigenvalue weighted by molar-refractivity contribution is 6.00. The molecule has 4 aromatic rings. The molecule has 7 rings (SSSR count). The summed E-state index contributed by atoms with van der Waals surface area (Å²) < 4.78 is 6.14. The van der Waals surface area contributed by atoms with Crippen LogP contribution in [0.1, 0.15) is 58.4 Å². The van der Waals surface area contributed by atoms with Crippen LogP contribution in [-0.2, 0) is 16.1 Å². The van der Waals surface area contributed by atoms with Gasteiger partial charge in [-0.1, -0.05) is 72.8 Å². The third kappa shape index (κ3) is 5.80. The lowest BCUT2D eigenvalue weighted by atomic mass is 9.76. The molecular weight excluding hydrogens is 550 g/mol. The number of hydrogen-bond donors (Lipinski definition) is 2. The number of hydrogen-bond acceptors (Lipinski definition) is 6.